The Morgan fingerprint density at radius 2 is 1.96 bits per heavy atom. The minimum atomic E-state index is -0.812. The number of likely N-dealkylation sites (tertiary alicyclic amines) is 1. The number of hydrogen-bond donors (Lipinski definition) is 3. The van der Waals surface area contributed by atoms with Gasteiger partial charge in [-0.25, -0.2) is 4.79 Å². The fraction of sp³-hybridized carbons (Fsp3) is 0.438. The predicted molar refractivity (Wildman–Crippen MR) is 85.1 cm³/mol. The van der Waals surface area contributed by atoms with Crippen LogP contribution in [0.5, 0.6) is 0 Å². The molecule has 1 heterocycles. The van der Waals surface area contributed by atoms with Crippen molar-refractivity contribution in [1.82, 2.24) is 10.2 Å². The van der Waals surface area contributed by atoms with Crippen molar-refractivity contribution in [3.63, 3.8) is 0 Å². The van der Waals surface area contributed by atoms with Gasteiger partial charge in [0.05, 0.1) is 12.5 Å². The van der Waals surface area contributed by atoms with Crippen molar-refractivity contribution in [2.45, 2.75) is 19.8 Å². The lowest BCUT2D eigenvalue weighted by atomic mass is 9.97. The number of hydrogen-bond acceptors (Lipinski definition) is 3. The predicted octanol–water partition coefficient (Wildman–Crippen LogP) is 1.44. The van der Waals surface area contributed by atoms with E-state index in [0.717, 1.165) is 5.56 Å². The van der Waals surface area contributed by atoms with Crippen LogP contribution < -0.4 is 10.6 Å². The number of carboxylic acid groups (broad SMARTS) is 1. The second-order valence-corrected chi connectivity index (χ2v) is 5.67. The lowest BCUT2D eigenvalue weighted by molar-refractivity contribution is -0.145. The summed E-state index contributed by atoms with van der Waals surface area (Å²) < 4.78 is 0. The van der Waals surface area contributed by atoms with Gasteiger partial charge in [-0.3, -0.25) is 9.59 Å². The summed E-state index contributed by atoms with van der Waals surface area (Å²) in [7, 11) is 0. The third-order valence-corrected chi connectivity index (χ3v) is 3.87. The highest BCUT2D eigenvalue weighted by Gasteiger charge is 2.26. The molecule has 0 spiro atoms. The molecule has 2 rings (SSSR count). The maximum absolute atomic E-state index is 12.0. The zero-order valence-corrected chi connectivity index (χ0v) is 13.0. The number of carbonyl (C=O) groups is 3. The number of aryl methyl sites for hydroxylation is 1. The summed E-state index contributed by atoms with van der Waals surface area (Å²) in [5.74, 6) is -1.39. The Hall–Kier alpha value is -2.57. The molecule has 0 radical (unpaired) electrons. The highest BCUT2D eigenvalue weighted by Crippen LogP contribution is 2.17. The van der Waals surface area contributed by atoms with E-state index in [1.807, 2.05) is 25.1 Å². The number of rotatable bonds is 4. The van der Waals surface area contributed by atoms with Gasteiger partial charge in [-0.2, -0.15) is 0 Å². The van der Waals surface area contributed by atoms with Crippen molar-refractivity contribution in [3.8, 4) is 0 Å². The lowest BCUT2D eigenvalue weighted by Crippen LogP contribution is -2.45. The normalized spacial score (nSPS) is 15.1. The number of benzene rings is 1. The summed E-state index contributed by atoms with van der Waals surface area (Å²) >= 11 is 0. The van der Waals surface area contributed by atoms with Gasteiger partial charge in [-0.1, -0.05) is 12.1 Å². The molecule has 0 unspecified atom stereocenters. The molecule has 124 valence electrons. The number of amides is 3. The first-order valence-electron chi connectivity index (χ1n) is 7.58. The Kier molecular flexibility index (Phi) is 5.56. The zero-order valence-electron chi connectivity index (χ0n) is 13.0. The summed E-state index contributed by atoms with van der Waals surface area (Å²) in [5.41, 5.74) is 1.69. The van der Waals surface area contributed by atoms with E-state index in [1.54, 1.807) is 11.0 Å². The summed E-state index contributed by atoms with van der Waals surface area (Å²) in [6.07, 6.45) is 0.910. The summed E-state index contributed by atoms with van der Waals surface area (Å²) in [6, 6.07) is 6.92. The number of piperidine rings is 1. The maximum atomic E-state index is 12.0. The fourth-order valence-electron chi connectivity index (χ4n) is 2.54. The second kappa shape index (κ2) is 7.62. The van der Waals surface area contributed by atoms with Gasteiger partial charge >= 0.3 is 12.0 Å². The molecular weight excluding hydrogens is 298 g/mol. The van der Waals surface area contributed by atoms with Crippen LogP contribution >= 0.6 is 0 Å². The highest BCUT2D eigenvalue weighted by atomic mass is 16.4. The van der Waals surface area contributed by atoms with Gasteiger partial charge in [-0.05, 0) is 37.5 Å². The zero-order chi connectivity index (χ0) is 16.8. The van der Waals surface area contributed by atoms with E-state index in [9.17, 15) is 14.4 Å². The largest absolute Gasteiger partial charge is 0.481 e. The monoisotopic (exact) mass is 319 g/mol. The molecule has 0 saturated carbocycles. The maximum Gasteiger partial charge on any atom is 0.319 e. The molecule has 0 bridgehead atoms. The fourth-order valence-corrected chi connectivity index (χ4v) is 2.54. The van der Waals surface area contributed by atoms with Crippen molar-refractivity contribution in [2.24, 2.45) is 5.92 Å². The first kappa shape index (κ1) is 16.8. The van der Waals surface area contributed by atoms with Crippen molar-refractivity contribution in [3.05, 3.63) is 29.8 Å². The Balaban J connectivity index is 1.74. The molecule has 0 aliphatic carbocycles. The number of urea groups is 1. The summed E-state index contributed by atoms with van der Waals surface area (Å²) in [6.45, 7) is 2.65. The van der Waals surface area contributed by atoms with Crippen LogP contribution in [0.25, 0.3) is 0 Å². The molecule has 1 aliphatic heterocycles. The molecule has 0 aromatic heterocycles. The minimum absolute atomic E-state index is 0.102. The van der Waals surface area contributed by atoms with Crippen LogP contribution in [0, 0.1) is 12.8 Å². The Labute approximate surface area is 134 Å². The van der Waals surface area contributed by atoms with Crippen molar-refractivity contribution in [2.75, 3.05) is 25.0 Å². The number of carboxylic acids is 1. The quantitative estimate of drug-likeness (QED) is 0.782. The molecule has 23 heavy (non-hydrogen) atoms. The first-order chi connectivity index (χ1) is 11.0. The van der Waals surface area contributed by atoms with E-state index in [2.05, 4.69) is 10.6 Å². The average Bonchev–Trinajstić information content (AvgIpc) is 2.52. The molecule has 3 amide bonds. The third kappa shape index (κ3) is 4.98. The number of nitrogens with zero attached hydrogens (tertiary/aromatic N) is 1. The lowest BCUT2D eigenvalue weighted by Gasteiger charge is -2.30. The number of nitrogens with one attached hydrogen (secondary N) is 2. The Morgan fingerprint density at radius 3 is 2.57 bits per heavy atom. The number of aliphatic carboxylic acids is 1. The SMILES string of the molecule is Cc1cccc(NC(=O)NCC(=O)N2CCC(C(=O)O)CC2)c1. The molecule has 7 nitrogen and oxygen atoms in total. The molecule has 1 aliphatic rings. The summed E-state index contributed by atoms with van der Waals surface area (Å²) in [5, 5.41) is 14.1. The van der Waals surface area contributed by atoms with Gasteiger partial charge in [0.1, 0.15) is 0 Å². The van der Waals surface area contributed by atoms with Gasteiger partial charge in [-0.15, -0.1) is 0 Å². The smallest absolute Gasteiger partial charge is 0.319 e. The van der Waals surface area contributed by atoms with E-state index in [0.29, 0.717) is 31.6 Å². The van der Waals surface area contributed by atoms with Gasteiger partial charge in [0, 0.05) is 18.8 Å². The van der Waals surface area contributed by atoms with Gasteiger partial charge < -0.3 is 20.6 Å². The Morgan fingerprint density at radius 1 is 1.26 bits per heavy atom. The van der Waals surface area contributed by atoms with Crippen LogP contribution in [-0.2, 0) is 9.59 Å². The number of anilines is 1. The van der Waals surface area contributed by atoms with Crippen molar-refractivity contribution in [1.29, 1.82) is 0 Å². The van der Waals surface area contributed by atoms with E-state index in [1.165, 1.54) is 0 Å². The van der Waals surface area contributed by atoms with Crippen LogP contribution in [0.1, 0.15) is 18.4 Å². The van der Waals surface area contributed by atoms with Crippen molar-refractivity contribution < 1.29 is 19.5 Å². The first-order valence-corrected chi connectivity index (χ1v) is 7.58. The third-order valence-electron chi connectivity index (χ3n) is 3.87. The Bertz CT molecular complexity index is 595. The average molecular weight is 319 g/mol. The van der Waals surface area contributed by atoms with E-state index in [4.69, 9.17) is 5.11 Å². The molecule has 3 N–H and O–H groups in total. The van der Waals surface area contributed by atoms with Crippen molar-refractivity contribution >= 4 is 23.6 Å². The summed E-state index contributed by atoms with van der Waals surface area (Å²) in [4.78, 5) is 36.3. The van der Waals surface area contributed by atoms with E-state index < -0.39 is 12.0 Å². The minimum Gasteiger partial charge on any atom is -0.481 e. The topological polar surface area (TPSA) is 98.7 Å². The molecular formula is C16H21N3O4. The molecule has 1 aromatic rings. The molecule has 7 heteroatoms. The second-order valence-electron chi connectivity index (χ2n) is 5.67. The van der Waals surface area contributed by atoms with Crippen LogP contribution in [0.15, 0.2) is 24.3 Å². The van der Waals surface area contributed by atoms with Crippen LogP contribution in [0.2, 0.25) is 0 Å². The van der Waals surface area contributed by atoms with Gasteiger partial charge in [0.15, 0.2) is 0 Å². The molecule has 1 saturated heterocycles. The van der Waals surface area contributed by atoms with Gasteiger partial charge in [0.25, 0.3) is 0 Å². The molecule has 1 fully saturated rings. The van der Waals surface area contributed by atoms with Crippen LogP contribution in [0.4, 0.5) is 10.5 Å². The van der Waals surface area contributed by atoms with Crippen LogP contribution in [-0.4, -0.2) is 47.5 Å². The molecule has 0 atom stereocenters. The standard InChI is InChI=1S/C16H21N3O4/c1-11-3-2-4-13(9-11)18-16(23)17-10-14(20)19-7-5-12(6-8-19)15(21)22/h2-4,9,12H,5-8,10H2,1H3,(H,21,22)(H2,17,18,23). The van der Waals surface area contributed by atoms with E-state index in [-0.39, 0.29) is 18.4 Å². The van der Waals surface area contributed by atoms with E-state index >= 15 is 0 Å². The van der Waals surface area contributed by atoms with Gasteiger partial charge in [0.2, 0.25) is 5.91 Å². The molecule has 1 aromatic carbocycles. The number of carbonyl (C=O) groups excluding carboxylic acids is 2. The van der Waals surface area contributed by atoms with Crippen LogP contribution in [0.3, 0.4) is 0 Å². The highest BCUT2D eigenvalue weighted by molar-refractivity contribution is 5.92.